The highest BCUT2D eigenvalue weighted by molar-refractivity contribution is 5.97. The van der Waals surface area contributed by atoms with Gasteiger partial charge in [-0.2, -0.15) is 0 Å². The van der Waals surface area contributed by atoms with Crippen molar-refractivity contribution >= 4 is 23.4 Å². The monoisotopic (exact) mass is 527 g/mol. The number of esters is 2. The predicted molar refractivity (Wildman–Crippen MR) is 149 cm³/mol. The first-order valence-electron chi connectivity index (χ1n) is 13.6. The van der Waals surface area contributed by atoms with Gasteiger partial charge in [0.05, 0.1) is 31.7 Å². The molecule has 0 spiro atoms. The van der Waals surface area contributed by atoms with E-state index in [0.29, 0.717) is 34.7 Å². The second-order valence-electron chi connectivity index (χ2n) is 10.6. The lowest BCUT2D eigenvalue weighted by Crippen LogP contribution is -2.65. The van der Waals surface area contributed by atoms with Crippen LogP contribution in [0.2, 0.25) is 0 Å². The van der Waals surface area contributed by atoms with Gasteiger partial charge in [-0.05, 0) is 17.7 Å². The highest BCUT2D eigenvalue weighted by Crippen LogP contribution is 2.36. The molecule has 0 radical (unpaired) electrons. The van der Waals surface area contributed by atoms with E-state index in [1.54, 1.807) is 18.2 Å². The van der Waals surface area contributed by atoms with E-state index >= 15 is 0 Å². The van der Waals surface area contributed by atoms with Crippen LogP contribution in [0.1, 0.15) is 45.0 Å². The fraction of sp³-hybridized carbons (Fsp3) is 0.344. The molecule has 3 fully saturated rings. The Hall–Kier alpha value is -3.97. The minimum absolute atomic E-state index is 0.136. The SMILES string of the molecule is COC(=O)c1ccccc1NCC(C(=O)O[C@H]1C[N+]2(CC(=O)c3ccccc3)CCC1CC2)c1ccccc1. The van der Waals surface area contributed by atoms with Crippen LogP contribution in [0.15, 0.2) is 84.9 Å². The number of quaternary nitrogens is 1. The molecular weight excluding hydrogens is 492 g/mol. The van der Waals surface area contributed by atoms with Crippen molar-refractivity contribution in [1.82, 2.24) is 0 Å². The Morgan fingerprint density at radius 2 is 1.54 bits per heavy atom. The fourth-order valence-electron chi connectivity index (χ4n) is 5.99. The molecule has 3 aromatic rings. The van der Waals surface area contributed by atoms with Crippen LogP contribution in [-0.2, 0) is 14.3 Å². The number of ether oxygens (including phenoxy) is 2. The first kappa shape index (κ1) is 26.6. The highest BCUT2D eigenvalue weighted by Gasteiger charge is 2.49. The molecule has 3 aliphatic rings. The van der Waals surface area contributed by atoms with Gasteiger partial charge in [0.2, 0.25) is 5.78 Å². The van der Waals surface area contributed by atoms with Crippen LogP contribution >= 0.6 is 0 Å². The van der Waals surface area contributed by atoms with Gasteiger partial charge in [-0.25, -0.2) is 4.79 Å². The lowest BCUT2D eigenvalue weighted by molar-refractivity contribution is -0.938. The second kappa shape index (κ2) is 11.8. The molecule has 0 aromatic heterocycles. The van der Waals surface area contributed by atoms with Gasteiger partial charge in [0, 0.05) is 36.6 Å². The number of carbonyl (C=O) groups is 3. The molecule has 3 saturated heterocycles. The van der Waals surface area contributed by atoms with Crippen LogP contribution in [0.5, 0.6) is 0 Å². The Morgan fingerprint density at radius 1 is 0.897 bits per heavy atom. The number of anilines is 1. The molecule has 3 heterocycles. The van der Waals surface area contributed by atoms with E-state index in [9.17, 15) is 14.4 Å². The van der Waals surface area contributed by atoms with Crippen molar-refractivity contribution < 1.29 is 28.3 Å². The number of rotatable bonds is 10. The van der Waals surface area contributed by atoms with Crippen LogP contribution in [0.4, 0.5) is 5.69 Å². The van der Waals surface area contributed by atoms with Crippen molar-refractivity contribution in [2.75, 3.05) is 45.2 Å². The summed E-state index contributed by atoms with van der Waals surface area (Å²) in [6.07, 6.45) is 1.67. The molecule has 7 heteroatoms. The van der Waals surface area contributed by atoms with Crippen molar-refractivity contribution in [3.63, 3.8) is 0 Å². The molecule has 3 aliphatic heterocycles. The van der Waals surface area contributed by atoms with Gasteiger partial charge >= 0.3 is 11.9 Å². The summed E-state index contributed by atoms with van der Waals surface area (Å²) in [6.45, 7) is 3.23. The summed E-state index contributed by atoms with van der Waals surface area (Å²) < 4.78 is 11.8. The fourth-order valence-corrected chi connectivity index (χ4v) is 5.99. The molecule has 1 unspecified atom stereocenters. The van der Waals surface area contributed by atoms with Gasteiger partial charge in [-0.3, -0.25) is 9.59 Å². The minimum Gasteiger partial charge on any atom is -0.465 e. The molecule has 7 nitrogen and oxygen atoms in total. The molecule has 1 N–H and O–H groups in total. The number of fused-ring (bicyclic) bond motifs is 3. The Labute approximate surface area is 229 Å². The number of para-hydroxylation sites is 1. The maximum atomic E-state index is 13.7. The zero-order valence-corrected chi connectivity index (χ0v) is 22.3. The molecule has 202 valence electrons. The average Bonchev–Trinajstić information content (AvgIpc) is 2.98. The molecule has 0 aliphatic carbocycles. The largest absolute Gasteiger partial charge is 0.465 e. The van der Waals surface area contributed by atoms with Crippen molar-refractivity contribution in [3.8, 4) is 0 Å². The van der Waals surface area contributed by atoms with Crippen molar-refractivity contribution in [2.45, 2.75) is 24.9 Å². The quantitative estimate of drug-likeness (QED) is 0.234. The summed E-state index contributed by atoms with van der Waals surface area (Å²) in [5.41, 5.74) is 2.58. The lowest BCUT2D eigenvalue weighted by Gasteiger charge is -2.51. The summed E-state index contributed by atoms with van der Waals surface area (Å²) in [6, 6.07) is 26.1. The number of hydrogen-bond acceptors (Lipinski definition) is 6. The third-order valence-electron chi connectivity index (χ3n) is 8.20. The van der Waals surface area contributed by atoms with E-state index in [4.69, 9.17) is 9.47 Å². The number of benzene rings is 3. The van der Waals surface area contributed by atoms with E-state index in [1.165, 1.54) is 7.11 Å². The number of methoxy groups -OCH3 is 1. The van der Waals surface area contributed by atoms with Crippen LogP contribution in [0.25, 0.3) is 0 Å². The van der Waals surface area contributed by atoms with Crippen LogP contribution in [0.3, 0.4) is 0 Å². The second-order valence-corrected chi connectivity index (χ2v) is 10.6. The Balaban J connectivity index is 1.30. The van der Waals surface area contributed by atoms with Gasteiger partial charge in [-0.1, -0.05) is 72.8 Å². The summed E-state index contributed by atoms with van der Waals surface area (Å²) in [5.74, 6) is -0.854. The van der Waals surface area contributed by atoms with E-state index in [2.05, 4.69) is 5.32 Å². The number of piperidine rings is 3. The molecule has 0 saturated carbocycles. The normalized spacial score (nSPS) is 22.5. The Kier molecular flexibility index (Phi) is 8.07. The van der Waals surface area contributed by atoms with Crippen LogP contribution < -0.4 is 5.32 Å². The maximum Gasteiger partial charge on any atom is 0.339 e. The average molecular weight is 528 g/mol. The number of nitrogens with zero attached hydrogens (tertiary/aromatic N) is 1. The smallest absolute Gasteiger partial charge is 0.339 e. The third-order valence-corrected chi connectivity index (χ3v) is 8.20. The standard InChI is InChI=1S/C32H34N2O5/c1-38-31(36)26-14-8-9-15-28(26)33-20-27(23-10-4-2-5-11-23)32(37)39-30-22-34(18-16-25(30)17-19-34)21-29(35)24-12-6-3-7-13-24/h2-15,25,27,30H,16-22H2,1H3/p+1/t25?,27?,30-,34?/m0/s1. The maximum absolute atomic E-state index is 13.7. The molecule has 2 atom stereocenters. The van der Waals surface area contributed by atoms with Gasteiger partial charge in [0.25, 0.3) is 0 Å². The summed E-state index contributed by atoms with van der Waals surface area (Å²) in [4.78, 5) is 39.0. The summed E-state index contributed by atoms with van der Waals surface area (Å²) in [5, 5.41) is 3.28. The molecule has 0 amide bonds. The van der Waals surface area contributed by atoms with E-state index in [1.807, 2.05) is 66.7 Å². The lowest BCUT2D eigenvalue weighted by atomic mass is 9.82. The number of hydrogen-bond donors (Lipinski definition) is 1. The summed E-state index contributed by atoms with van der Waals surface area (Å²) >= 11 is 0. The van der Waals surface area contributed by atoms with Crippen molar-refractivity contribution in [2.24, 2.45) is 5.92 Å². The number of ketones is 1. The molecule has 2 bridgehead atoms. The zero-order valence-electron chi connectivity index (χ0n) is 22.3. The van der Waals surface area contributed by atoms with E-state index < -0.39 is 11.9 Å². The van der Waals surface area contributed by atoms with Crippen molar-refractivity contribution in [3.05, 3.63) is 102 Å². The van der Waals surface area contributed by atoms with E-state index in [0.717, 1.165) is 37.1 Å². The zero-order chi connectivity index (χ0) is 27.2. The molecule has 3 aromatic carbocycles. The molecule has 6 rings (SSSR count). The first-order valence-corrected chi connectivity index (χ1v) is 13.6. The first-order chi connectivity index (χ1) is 19.0. The van der Waals surface area contributed by atoms with Gasteiger partial charge < -0.3 is 19.3 Å². The topological polar surface area (TPSA) is 81.7 Å². The van der Waals surface area contributed by atoms with Crippen LogP contribution in [0, 0.1) is 5.92 Å². The highest BCUT2D eigenvalue weighted by atomic mass is 16.5. The van der Waals surface area contributed by atoms with Crippen LogP contribution in [-0.4, -0.2) is 68.1 Å². The van der Waals surface area contributed by atoms with Gasteiger partial charge in [0.15, 0.2) is 6.10 Å². The number of nitrogens with one attached hydrogen (secondary N) is 1. The van der Waals surface area contributed by atoms with Gasteiger partial charge in [0.1, 0.15) is 13.1 Å². The molecule has 39 heavy (non-hydrogen) atoms. The Morgan fingerprint density at radius 3 is 2.23 bits per heavy atom. The summed E-state index contributed by atoms with van der Waals surface area (Å²) in [7, 11) is 1.35. The Bertz CT molecular complexity index is 1300. The number of carbonyl (C=O) groups excluding carboxylic acids is 3. The molecular formula is C32H35N2O5+. The number of Topliss-reactive ketones (excluding diaryl/α,β-unsaturated/α-hetero) is 1. The van der Waals surface area contributed by atoms with Gasteiger partial charge in [-0.15, -0.1) is 0 Å². The third kappa shape index (κ3) is 6.04. The predicted octanol–water partition coefficient (Wildman–Crippen LogP) is 4.70. The minimum atomic E-state index is -0.563. The van der Waals surface area contributed by atoms with Crippen molar-refractivity contribution in [1.29, 1.82) is 0 Å². The van der Waals surface area contributed by atoms with E-state index in [-0.39, 0.29) is 24.4 Å².